The van der Waals surface area contributed by atoms with Crippen LogP contribution in [0.2, 0.25) is 0 Å². The smallest absolute Gasteiger partial charge is 0.224 e. The van der Waals surface area contributed by atoms with Gasteiger partial charge in [-0.15, -0.1) is 0 Å². The molecule has 1 aromatic carbocycles. The van der Waals surface area contributed by atoms with E-state index < -0.39 is 0 Å². The van der Waals surface area contributed by atoms with Crippen LogP contribution in [0.15, 0.2) is 67.1 Å². The number of hydrogen-bond donors (Lipinski definition) is 1. The number of fused-ring (bicyclic) bond motifs is 1. The standard InChI is InChI=1S/C22H21N5O/c1-2-20-26-19-6-4-12-24-22(19)27(20)18-9-7-16(8-10-18)13-21(28)25-15-17-5-3-11-23-14-17/h3-12,14H,2,13,15H2,1H3,(H,25,28). The third kappa shape index (κ3) is 3.76. The normalized spacial score (nSPS) is 10.9. The van der Waals surface area contributed by atoms with E-state index in [2.05, 4.69) is 31.8 Å². The van der Waals surface area contributed by atoms with E-state index in [0.29, 0.717) is 13.0 Å². The largest absolute Gasteiger partial charge is 0.352 e. The fourth-order valence-electron chi connectivity index (χ4n) is 3.18. The Bertz CT molecular complexity index is 1090. The highest BCUT2D eigenvalue weighted by Crippen LogP contribution is 2.20. The van der Waals surface area contributed by atoms with Gasteiger partial charge in [-0.1, -0.05) is 25.1 Å². The van der Waals surface area contributed by atoms with E-state index in [1.807, 2.05) is 48.5 Å². The van der Waals surface area contributed by atoms with Gasteiger partial charge in [0.15, 0.2) is 5.65 Å². The summed E-state index contributed by atoms with van der Waals surface area (Å²) in [6.45, 7) is 2.57. The Labute approximate surface area is 163 Å². The molecule has 0 atom stereocenters. The van der Waals surface area contributed by atoms with Crippen molar-refractivity contribution in [3.8, 4) is 5.69 Å². The van der Waals surface area contributed by atoms with E-state index >= 15 is 0 Å². The average molecular weight is 371 g/mol. The van der Waals surface area contributed by atoms with Crippen LogP contribution in [0.3, 0.4) is 0 Å². The van der Waals surface area contributed by atoms with Gasteiger partial charge in [-0.05, 0) is 41.5 Å². The molecule has 0 fully saturated rings. The van der Waals surface area contributed by atoms with E-state index in [-0.39, 0.29) is 5.91 Å². The van der Waals surface area contributed by atoms with Gasteiger partial charge in [-0.3, -0.25) is 14.3 Å². The third-order valence-electron chi connectivity index (χ3n) is 4.57. The number of aryl methyl sites for hydroxylation is 1. The van der Waals surface area contributed by atoms with Gasteiger partial charge in [0.1, 0.15) is 11.3 Å². The highest BCUT2D eigenvalue weighted by atomic mass is 16.1. The van der Waals surface area contributed by atoms with Crippen LogP contribution in [0.4, 0.5) is 0 Å². The molecular weight excluding hydrogens is 350 g/mol. The lowest BCUT2D eigenvalue weighted by Gasteiger charge is -2.09. The summed E-state index contributed by atoms with van der Waals surface area (Å²) >= 11 is 0. The van der Waals surface area contributed by atoms with E-state index in [9.17, 15) is 4.79 Å². The van der Waals surface area contributed by atoms with Crippen molar-refractivity contribution in [1.29, 1.82) is 0 Å². The Balaban J connectivity index is 1.48. The predicted molar refractivity (Wildman–Crippen MR) is 108 cm³/mol. The number of amides is 1. The molecule has 0 aliphatic heterocycles. The number of carbonyl (C=O) groups is 1. The van der Waals surface area contributed by atoms with Crippen LogP contribution in [0, 0.1) is 0 Å². The minimum atomic E-state index is -0.0133. The summed E-state index contributed by atoms with van der Waals surface area (Å²) in [4.78, 5) is 25.4. The zero-order chi connectivity index (χ0) is 19.3. The summed E-state index contributed by atoms with van der Waals surface area (Å²) in [5.74, 6) is 0.955. The molecule has 3 aromatic heterocycles. The van der Waals surface area contributed by atoms with Crippen LogP contribution in [0.1, 0.15) is 23.9 Å². The predicted octanol–water partition coefficient (Wildman–Crippen LogP) is 3.24. The Kier molecular flexibility index (Phi) is 5.10. The van der Waals surface area contributed by atoms with Gasteiger partial charge in [-0.25, -0.2) is 9.97 Å². The van der Waals surface area contributed by atoms with Crippen molar-refractivity contribution < 1.29 is 4.79 Å². The van der Waals surface area contributed by atoms with Crippen molar-refractivity contribution in [2.24, 2.45) is 0 Å². The topological polar surface area (TPSA) is 72.7 Å². The quantitative estimate of drug-likeness (QED) is 0.565. The first-order chi connectivity index (χ1) is 13.7. The molecular formula is C22H21N5O. The van der Waals surface area contributed by atoms with Gasteiger partial charge in [0.2, 0.25) is 5.91 Å². The molecule has 1 amide bonds. The lowest BCUT2D eigenvalue weighted by atomic mass is 10.1. The lowest BCUT2D eigenvalue weighted by molar-refractivity contribution is -0.120. The van der Waals surface area contributed by atoms with E-state index in [4.69, 9.17) is 0 Å². The second kappa shape index (κ2) is 8.00. The first-order valence-corrected chi connectivity index (χ1v) is 9.32. The molecule has 0 radical (unpaired) electrons. The van der Waals surface area contributed by atoms with Crippen LogP contribution in [0.5, 0.6) is 0 Å². The Morgan fingerprint density at radius 1 is 1.04 bits per heavy atom. The van der Waals surface area contributed by atoms with Crippen LogP contribution in [-0.4, -0.2) is 25.4 Å². The number of aromatic nitrogens is 4. The molecule has 6 nitrogen and oxygen atoms in total. The lowest BCUT2D eigenvalue weighted by Crippen LogP contribution is -2.24. The number of hydrogen-bond acceptors (Lipinski definition) is 4. The summed E-state index contributed by atoms with van der Waals surface area (Å²) in [6.07, 6.45) is 6.40. The molecule has 0 aliphatic carbocycles. The van der Waals surface area contributed by atoms with Gasteiger partial charge in [-0.2, -0.15) is 0 Å². The first-order valence-electron chi connectivity index (χ1n) is 9.32. The maximum Gasteiger partial charge on any atom is 0.224 e. The van der Waals surface area contributed by atoms with Crippen molar-refractivity contribution >= 4 is 17.1 Å². The summed E-state index contributed by atoms with van der Waals surface area (Å²) in [7, 11) is 0. The number of imidazole rings is 1. The highest BCUT2D eigenvalue weighted by molar-refractivity contribution is 5.78. The molecule has 0 spiro atoms. The van der Waals surface area contributed by atoms with Gasteiger partial charge >= 0.3 is 0 Å². The Morgan fingerprint density at radius 2 is 1.86 bits per heavy atom. The van der Waals surface area contributed by atoms with Crippen molar-refractivity contribution in [2.45, 2.75) is 26.3 Å². The number of carbonyl (C=O) groups excluding carboxylic acids is 1. The minimum absolute atomic E-state index is 0.0133. The fraction of sp³-hybridized carbons (Fsp3) is 0.182. The molecule has 6 heteroatoms. The SMILES string of the molecule is CCc1nc2cccnc2n1-c1ccc(CC(=O)NCc2cccnc2)cc1. The second-order valence-electron chi connectivity index (χ2n) is 6.54. The Hall–Kier alpha value is -3.54. The van der Waals surface area contributed by atoms with Crippen molar-refractivity contribution in [1.82, 2.24) is 24.8 Å². The first kappa shape index (κ1) is 17.9. The Morgan fingerprint density at radius 3 is 2.61 bits per heavy atom. The van der Waals surface area contributed by atoms with Crippen LogP contribution in [-0.2, 0) is 24.2 Å². The number of rotatable bonds is 6. The third-order valence-corrected chi connectivity index (χ3v) is 4.57. The second-order valence-corrected chi connectivity index (χ2v) is 6.54. The fourth-order valence-corrected chi connectivity index (χ4v) is 3.18. The van der Waals surface area contributed by atoms with Crippen LogP contribution < -0.4 is 5.32 Å². The van der Waals surface area contributed by atoms with E-state index in [1.165, 1.54) is 0 Å². The molecule has 0 unspecified atom stereocenters. The van der Waals surface area contributed by atoms with E-state index in [1.54, 1.807) is 18.6 Å². The number of nitrogens with one attached hydrogen (secondary N) is 1. The molecule has 4 rings (SSSR count). The van der Waals surface area contributed by atoms with Gasteiger partial charge in [0.05, 0.1) is 6.42 Å². The maximum absolute atomic E-state index is 12.2. The molecule has 4 aromatic rings. The zero-order valence-corrected chi connectivity index (χ0v) is 15.7. The number of nitrogens with zero attached hydrogens (tertiary/aromatic N) is 4. The number of benzene rings is 1. The highest BCUT2D eigenvalue weighted by Gasteiger charge is 2.12. The van der Waals surface area contributed by atoms with Crippen molar-refractivity contribution in [2.75, 3.05) is 0 Å². The minimum Gasteiger partial charge on any atom is -0.352 e. The molecule has 28 heavy (non-hydrogen) atoms. The molecule has 140 valence electrons. The van der Waals surface area contributed by atoms with Crippen LogP contribution >= 0.6 is 0 Å². The summed E-state index contributed by atoms with van der Waals surface area (Å²) in [6, 6.07) is 15.7. The van der Waals surface area contributed by atoms with Gasteiger partial charge in [0, 0.05) is 37.2 Å². The van der Waals surface area contributed by atoms with E-state index in [0.717, 1.165) is 40.2 Å². The molecule has 0 saturated heterocycles. The molecule has 0 aliphatic rings. The maximum atomic E-state index is 12.2. The summed E-state index contributed by atoms with van der Waals surface area (Å²) in [5, 5.41) is 2.93. The molecule has 1 N–H and O–H groups in total. The average Bonchev–Trinajstić information content (AvgIpc) is 3.12. The summed E-state index contributed by atoms with van der Waals surface area (Å²) < 4.78 is 2.07. The molecule has 3 heterocycles. The summed E-state index contributed by atoms with van der Waals surface area (Å²) in [5.41, 5.74) is 4.68. The van der Waals surface area contributed by atoms with Gasteiger partial charge in [0.25, 0.3) is 0 Å². The van der Waals surface area contributed by atoms with Crippen molar-refractivity contribution in [3.63, 3.8) is 0 Å². The van der Waals surface area contributed by atoms with Crippen molar-refractivity contribution in [3.05, 3.63) is 84.1 Å². The van der Waals surface area contributed by atoms with Gasteiger partial charge < -0.3 is 5.32 Å². The molecule has 0 bridgehead atoms. The monoisotopic (exact) mass is 371 g/mol. The zero-order valence-electron chi connectivity index (χ0n) is 15.7. The van der Waals surface area contributed by atoms with Crippen LogP contribution in [0.25, 0.3) is 16.9 Å². The number of pyridine rings is 2. The molecule has 0 saturated carbocycles.